The lowest BCUT2D eigenvalue weighted by molar-refractivity contribution is 0.283. The van der Waals surface area contributed by atoms with E-state index in [9.17, 15) is 10.5 Å². The van der Waals surface area contributed by atoms with Gasteiger partial charge >= 0.3 is 0 Å². The number of halogens is 1. The summed E-state index contributed by atoms with van der Waals surface area (Å²) in [5.41, 5.74) is 12.2. The molecule has 0 unspecified atom stereocenters. The first kappa shape index (κ1) is 25.1. The Bertz CT molecular complexity index is 1770. The van der Waals surface area contributed by atoms with Crippen LogP contribution in [0.4, 0.5) is 5.82 Å². The summed E-state index contributed by atoms with van der Waals surface area (Å²) < 4.78 is 12.7. The summed E-state index contributed by atoms with van der Waals surface area (Å²) in [6, 6.07) is 22.6. The van der Waals surface area contributed by atoms with Crippen molar-refractivity contribution >= 4 is 49.7 Å². The zero-order valence-electron chi connectivity index (χ0n) is 21.1. The molecule has 0 bridgehead atoms. The van der Waals surface area contributed by atoms with E-state index in [0.717, 1.165) is 43.1 Å². The predicted octanol–water partition coefficient (Wildman–Crippen LogP) is 7.20. The number of fused-ring (bicyclic) bond motifs is 2. The number of aromatic nitrogens is 1. The summed E-state index contributed by atoms with van der Waals surface area (Å²) in [6.45, 7) is 4.08. The summed E-state index contributed by atoms with van der Waals surface area (Å²) in [5, 5.41) is 21.7. The number of methoxy groups -OCH3 is 1. The van der Waals surface area contributed by atoms with E-state index < -0.39 is 0 Å². The Balaban J connectivity index is 1.55. The molecule has 2 N–H and O–H groups in total. The number of hydrogen-bond donors (Lipinski definition) is 1. The van der Waals surface area contributed by atoms with Crippen molar-refractivity contribution in [1.82, 2.24) is 4.98 Å². The van der Waals surface area contributed by atoms with Gasteiger partial charge in [0.2, 0.25) is 0 Å². The number of hydrogen-bond acceptors (Lipinski definition) is 6. The minimum absolute atomic E-state index is 0.127. The monoisotopic (exact) mass is 562 g/mol. The number of nitriles is 2. The highest BCUT2D eigenvalue weighted by Crippen LogP contribution is 2.45. The van der Waals surface area contributed by atoms with Crippen LogP contribution < -0.4 is 15.2 Å². The van der Waals surface area contributed by atoms with E-state index in [4.69, 9.17) is 15.2 Å². The molecule has 0 saturated carbocycles. The second-order valence-corrected chi connectivity index (χ2v) is 9.82. The first-order valence-corrected chi connectivity index (χ1v) is 12.7. The molecule has 1 heterocycles. The topological polar surface area (TPSA) is 105 Å². The third-order valence-corrected chi connectivity index (χ3v) is 7.39. The van der Waals surface area contributed by atoms with Crippen molar-refractivity contribution < 1.29 is 9.47 Å². The fourth-order valence-corrected chi connectivity index (χ4v) is 5.47. The van der Waals surface area contributed by atoms with Gasteiger partial charge in [-0.15, -0.1) is 0 Å². The second-order valence-electron chi connectivity index (χ2n) is 8.96. The third kappa shape index (κ3) is 4.18. The summed E-state index contributed by atoms with van der Waals surface area (Å²) >= 11 is 3.66. The molecule has 1 aromatic heterocycles. The maximum absolute atomic E-state index is 9.83. The molecular formula is C31H23BrN4O2. The quantitative estimate of drug-likeness (QED) is 0.275. The van der Waals surface area contributed by atoms with E-state index in [1.54, 1.807) is 7.11 Å². The molecule has 0 fully saturated rings. The minimum Gasteiger partial charge on any atom is -0.493 e. The molecule has 4 aromatic rings. The van der Waals surface area contributed by atoms with Crippen molar-refractivity contribution in [3.05, 3.63) is 98.2 Å². The molecule has 0 amide bonds. The lowest BCUT2D eigenvalue weighted by Gasteiger charge is -2.15. The fraction of sp³-hybridized carbons (Fsp3) is 0.129. The standard InChI is InChI=1S/C31H23BrN4O2/c1-17-23(28-18(2)25(15-34)31(35)36-29(28)24(17)14-33)11-19-12-26(32)30(27(13-19)37-3)38-16-21-9-6-8-20-7-4-5-10-22(20)21/h4-13H,16H2,1-3H3,(H2,35,36)/b23-11+. The summed E-state index contributed by atoms with van der Waals surface area (Å²) in [6.07, 6.45) is 1.96. The number of allylic oxidation sites excluding steroid dienone is 3. The van der Waals surface area contributed by atoms with Crippen molar-refractivity contribution in [1.29, 1.82) is 10.5 Å². The van der Waals surface area contributed by atoms with Crippen molar-refractivity contribution in [3.63, 3.8) is 0 Å². The van der Waals surface area contributed by atoms with Gasteiger partial charge < -0.3 is 15.2 Å². The van der Waals surface area contributed by atoms with E-state index in [2.05, 4.69) is 57.3 Å². The van der Waals surface area contributed by atoms with E-state index in [0.29, 0.717) is 40.5 Å². The number of rotatable bonds is 5. The van der Waals surface area contributed by atoms with Crippen molar-refractivity contribution in [2.75, 3.05) is 12.8 Å². The van der Waals surface area contributed by atoms with Crippen LogP contribution in [0.1, 0.15) is 40.4 Å². The number of nitrogen functional groups attached to an aromatic ring is 1. The van der Waals surface area contributed by atoms with Gasteiger partial charge in [-0.3, -0.25) is 0 Å². The smallest absolute Gasteiger partial charge is 0.175 e. The van der Waals surface area contributed by atoms with Gasteiger partial charge in [0.15, 0.2) is 11.5 Å². The molecule has 6 nitrogen and oxygen atoms in total. The molecule has 0 atom stereocenters. The van der Waals surface area contributed by atoms with Crippen LogP contribution in [0.15, 0.2) is 64.6 Å². The lowest BCUT2D eigenvalue weighted by Crippen LogP contribution is -2.03. The van der Waals surface area contributed by atoms with Gasteiger partial charge in [0.1, 0.15) is 24.6 Å². The number of nitrogens with zero attached hydrogens (tertiary/aromatic N) is 3. The second kappa shape index (κ2) is 10.0. The van der Waals surface area contributed by atoms with E-state index in [-0.39, 0.29) is 5.82 Å². The van der Waals surface area contributed by atoms with Gasteiger partial charge in [0.05, 0.1) is 28.4 Å². The number of anilines is 1. The van der Waals surface area contributed by atoms with Crippen LogP contribution in [0.3, 0.4) is 0 Å². The summed E-state index contributed by atoms with van der Waals surface area (Å²) in [7, 11) is 1.60. The summed E-state index contributed by atoms with van der Waals surface area (Å²) in [4.78, 5) is 4.40. The number of nitrogens with two attached hydrogens (primary N) is 1. The Hall–Kier alpha value is -4.59. The molecule has 7 heteroatoms. The van der Waals surface area contributed by atoms with Crippen LogP contribution in [-0.4, -0.2) is 12.1 Å². The molecular weight excluding hydrogens is 540 g/mol. The molecule has 0 saturated heterocycles. The van der Waals surface area contributed by atoms with Gasteiger partial charge in [0.25, 0.3) is 0 Å². The molecule has 3 aromatic carbocycles. The first-order chi connectivity index (χ1) is 18.4. The largest absolute Gasteiger partial charge is 0.493 e. The molecule has 0 aliphatic heterocycles. The fourth-order valence-electron chi connectivity index (χ4n) is 4.89. The minimum atomic E-state index is 0.127. The van der Waals surface area contributed by atoms with Crippen molar-refractivity contribution in [2.45, 2.75) is 20.5 Å². The van der Waals surface area contributed by atoms with Gasteiger partial charge in [-0.1, -0.05) is 42.5 Å². The Morgan fingerprint density at radius 2 is 1.82 bits per heavy atom. The highest BCUT2D eigenvalue weighted by Gasteiger charge is 2.29. The molecule has 0 radical (unpaired) electrons. The highest BCUT2D eigenvalue weighted by atomic mass is 79.9. The van der Waals surface area contributed by atoms with E-state index >= 15 is 0 Å². The average Bonchev–Trinajstić information content (AvgIpc) is 3.17. The van der Waals surface area contributed by atoms with Crippen molar-refractivity contribution in [2.24, 2.45) is 0 Å². The van der Waals surface area contributed by atoms with Crippen LogP contribution in [0.2, 0.25) is 0 Å². The van der Waals surface area contributed by atoms with E-state index in [1.807, 2.05) is 50.3 Å². The Labute approximate surface area is 229 Å². The normalized spacial score (nSPS) is 13.4. The molecule has 186 valence electrons. The van der Waals surface area contributed by atoms with Crippen LogP contribution in [0.25, 0.3) is 28.0 Å². The third-order valence-electron chi connectivity index (χ3n) is 6.80. The molecule has 1 aliphatic rings. The predicted molar refractivity (Wildman–Crippen MR) is 153 cm³/mol. The molecule has 5 rings (SSSR count). The lowest BCUT2D eigenvalue weighted by atomic mass is 9.95. The van der Waals surface area contributed by atoms with Gasteiger partial charge in [-0.2, -0.15) is 10.5 Å². The maximum Gasteiger partial charge on any atom is 0.175 e. The van der Waals surface area contributed by atoms with Gasteiger partial charge in [0, 0.05) is 5.56 Å². The zero-order chi connectivity index (χ0) is 27.0. The molecule has 1 aliphatic carbocycles. The molecule has 0 spiro atoms. The van der Waals surface area contributed by atoms with Crippen LogP contribution >= 0.6 is 15.9 Å². The summed E-state index contributed by atoms with van der Waals surface area (Å²) in [5.74, 6) is 1.29. The SMILES string of the molecule is COc1cc(/C=C2\C(C)=C(C#N)c3nc(N)c(C#N)c(C)c32)cc(Br)c1OCc1cccc2ccccc12. The van der Waals surface area contributed by atoms with Gasteiger partial charge in [-0.05, 0) is 86.6 Å². The number of benzene rings is 3. The van der Waals surface area contributed by atoms with Crippen LogP contribution in [0, 0.1) is 29.6 Å². The van der Waals surface area contributed by atoms with Gasteiger partial charge in [-0.25, -0.2) is 4.98 Å². The first-order valence-electron chi connectivity index (χ1n) is 11.9. The highest BCUT2D eigenvalue weighted by molar-refractivity contribution is 9.10. The van der Waals surface area contributed by atoms with Crippen molar-refractivity contribution in [3.8, 4) is 23.6 Å². The van der Waals surface area contributed by atoms with Crippen LogP contribution in [0.5, 0.6) is 11.5 Å². The number of pyridine rings is 1. The average molecular weight is 563 g/mol. The maximum atomic E-state index is 9.83. The Morgan fingerprint density at radius 1 is 1.05 bits per heavy atom. The van der Waals surface area contributed by atoms with E-state index in [1.165, 1.54) is 0 Å². The molecule has 38 heavy (non-hydrogen) atoms. The Morgan fingerprint density at radius 3 is 2.55 bits per heavy atom. The zero-order valence-corrected chi connectivity index (χ0v) is 22.7. The number of ether oxygens (including phenoxy) is 2. The Kier molecular flexibility index (Phi) is 6.63. The van der Waals surface area contributed by atoms with Crippen LogP contribution in [-0.2, 0) is 6.61 Å².